The normalized spacial score (nSPS) is 11.8. The van der Waals surface area contributed by atoms with Crippen LogP contribution in [0.4, 0.5) is 0 Å². The SMILES string of the molecule is Cc1cc(-c2ccc3c(ccc4ccccc43)n2)c2oc3ncccc3c2c1. The zero-order chi connectivity index (χ0) is 18.7. The van der Waals surface area contributed by atoms with Crippen molar-refractivity contribution < 1.29 is 4.42 Å². The molecule has 0 radical (unpaired) electrons. The maximum absolute atomic E-state index is 6.12. The largest absolute Gasteiger partial charge is 0.437 e. The van der Waals surface area contributed by atoms with Gasteiger partial charge in [-0.05, 0) is 59.7 Å². The van der Waals surface area contributed by atoms with E-state index < -0.39 is 0 Å². The molecule has 0 aliphatic rings. The van der Waals surface area contributed by atoms with Crippen molar-refractivity contribution in [3.63, 3.8) is 0 Å². The van der Waals surface area contributed by atoms with E-state index in [1.807, 2.05) is 6.07 Å². The summed E-state index contributed by atoms with van der Waals surface area (Å²) in [6.07, 6.45) is 1.76. The highest BCUT2D eigenvalue weighted by atomic mass is 16.3. The van der Waals surface area contributed by atoms with Gasteiger partial charge in [-0.1, -0.05) is 36.4 Å². The first-order valence-electron chi connectivity index (χ1n) is 9.35. The first-order valence-corrected chi connectivity index (χ1v) is 9.35. The zero-order valence-corrected chi connectivity index (χ0v) is 15.3. The van der Waals surface area contributed by atoms with E-state index in [4.69, 9.17) is 9.40 Å². The van der Waals surface area contributed by atoms with Crippen molar-refractivity contribution >= 4 is 43.7 Å². The van der Waals surface area contributed by atoms with Crippen LogP contribution >= 0.6 is 0 Å². The summed E-state index contributed by atoms with van der Waals surface area (Å²) in [4.78, 5) is 9.36. The number of hydrogen-bond donors (Lipinski definition) is 0. The van der Waals surface area contributed by atoms with Gasteiger partial charge in [-0.3, -0.25) is 0 Å². The van der Waals surface area contributed by atoms with E-state index >= 15 is 0 Å². The second kappa shape index (κ2) is 5.64. The van der Waals surface area contributed by atoms with Crippen molar-refractivity contribution in [2.45, 2.75) is 6.92 Å². The molecule has 0 spiro atoms. The van der Waals surface area contributed by atoms with Crippen molar-refractivity contribution in [3.05, 3.63) is 84.6 Å². The van der Waals surface area contributed by atoms with Crippen LogP contribution in [0.2, 0.25) is 0 Å². The van der Waals surface area contributed by atoms with Gasteiger partial charge < -0.3 is 4.42 Å². The van der Waals surface area contributed by atoms with Crippen LogP contribution in [-0.4, -0.2) is 9.97 Å². The molecule has 3 nitrogen and oxygen atoms in total. The third-order valence-corrected chi connectivity index (χ3v) is 5.37. The lowest BCUT2D eigenvalue weighted by Crippen LogP contribution is -1.88. The van der Waals surface area contributed by atoms with Crippen LogP contribution in [0.1, 0.15) is 5.56 Å². The van der Waals surface area contributed by atoms with Gasteiger partial charge in [0.05, 0.1) is 11.2 Å². The average molecular weight is 360 g/mol. The lowest BCUT2D eigenvalue weighted by Gasteiger charge is -2.08. The summed E-state index contributed by atoms with van der Waals surface area (Å²) in [6.45, 7) is 2.10. The molecule has 6 aromatic rings. The number of aryl methyl sites for hydroxylation is 1. The van der Waals surface area contributed by atoms with E-state index in [0.29, 0.717) is 5.71 Å². The quantitative estimate of drug-likeness (QED) is 0.308. The molecule has 0 N–H and O–H groups in total. The fourth-order valence-corrected chi connectivity index (χ4v) is 4.08. The third kappa shape index (κ3) is 2.16. The molecule has 3 aromatic heterocycles. The average Bonchev–Trinajstić information content (AvgIpc) is 3.11. The van der Waals surface area contributed by atoms with Gasteiger partial charge in [-0.2, -0.15) is 0 Å². The molecular formula is C25H16N2O. The maximum Gasteiger partial charge on any atom is 0.227 e. The molecule has 0 aliphatic carbocycles. The smallest absolute Gasteiger partial charge is 0.227 e. The molecule has 0 atom stereocenters. The van der Waals surface area contributed by atoms with Gasteiger partial charge in [0.25, 0.3) is 0 Å². The van der Waals surface area contributed by atoms with E-state index in [9.17, 15) is 0 Å². The summed E-state index contributed by atoms with van der Waals surface area (Å²) in [7, 11) is 0. The predicted octanol–water partition coefficient (Wildman–Crippen LogP) is 6.66. The Balaban J connectivity index is 1.66. The molecule has 132 valence electrons. The van der Waals surface area contributed by atoms with Crippen molar-refractivity contribution in [1.82, 2.24) is 9.97 Å². The van der Waals surface area contributed by atoms with Crippen molar-refractivity contribution in [3.8, 4) is 11.3 Å². The minimum atomic E-state index is 0.663. The predicted molar refractivity (Wildman–Crippen MR) is 114 cm³/mol. The summed E-state index contributed by atoms with van der Waals surface area (Å²) >= 11 is 0. The summed E-state index contributed by atoms with van der Waals surface area (Å²) in [5.41, 5.74) is 5.58. The Morgan fingerprint density at radius 3 is 2.61 bits per heavy atom. The lowest BCUT2D eigenvalue weighted by molar-refractivity contribution is 0.655. The fraction of sp³-hybridized carbons (Fsp3) is 0.0400. The minimum Gasteiger partial charge on any atom is -0.437 e. The monoisotopic (exact) mass is 360 g/mol. The number of fused-ring (bicyclic) bond motifs is 6. The molecule has 3 heteroatoms. The Morgan fingerprint density at radius 2 is 1.64 bits per heavy atom. The minimum absolute atomic E-state index is 0.663. The first-order chi connectivity index (χ1) is 13.8. The standard InChI is InChI=1S/C25H16N2O/c1-15-13-20-19-7-4-12-26-25(19)28-24(20)21(14-15)23-11-9-18-17-6-3-2-5-16(17)8-10-22(18)27-23/h2-14H,1H3. The van der Waals surface area contributed by atoms with Gasteiger partial charge in [0.15, 0.2) is 0 Å². The lowest BCUT2D eigenvalue weighted by atomic mass is 10.0. The highest BCUT2D eigenvalue weighted by Crippen LogP contribution is 2.36. The molecule has 6 rings (SSSR count). The van der Waals surface area contributed by atoms with E-state index in [2.05, 4.69) is 78.6 Å². The topological polar surface area (TPSA) is 38.9 Å². The van der Waals surface area contributed by atoms with Gasteiger partial charge in [0.1, 0.15) is 5.58 Å². The van der Waals surface area contributed by atoms with Gasteiger partial charge in [0, 0.05) is 27.9 Å². The molecule has 0 saturated heterocycles. The highest BCUT2D eigenvalue weighted by molar-refractivity contribution is 6.10. The van der Waals surface area contributed by atoms with Crippen LogP contribution in [0.3, 0.4) is 0 Å². The Morgan fingerprint density at radius 1 is 0.750 bits per heavy atom. The Hall–Kier alpha value is -3.72. The number of benzene rings is 3. The van der Waals surface area contributed by atoms with Crippen LogP contribution in [0.5, 0.6) is 0 Å². The fourth-order valence-electron chi connectivity index (χ4n) is 4.08. The van der Waals surface area contributed by atoms with Crippen LogP contribution in [0.15, 0.2) is 83.4 Å². The summed E-state index contributed by atoms with van der Waals surface area (Å²) in [6, 6.07) is 25.2. The molecule has 0 fully saturated rings. The zero-order valence-electron chi connectivity index (χ0n) is 15.3. The molecule has 0 bridgehead atoms. The highest BCUT2D eigenvalue weighted by Gasteiger charge is 2.15. The van der Waals surface area contributed by atoms with E-state index in [1.54, 1.807) is 6.20 Å². The molecule has 0 amide bonds. The number of aromatic nitrogens is 2. The van der Waals surface area contributed by atoms with Crippen LogP contribution in [0.25, 0.3) is 55.0 Å². The molecular weight excluding hydrogens is 344 g/mol. The summed E-state index contributed by atoms with van der Waals surface area (Å²) in [5.74, 6) is 0. The Bertz CT molecular complexity index is 1530. The van der Waals surface area contributed by atoms with Gasteiger partial charge in [-0.15, -0.1) is 0 Å². The second-order valence-electron chi connectivity index (χ2n) is 7.20. The van der Waals surface area contributed by atoms with Crippen LogP contribution in [-0.2, 0) is 0 Å². The van der Waals surface area contributed by atoms with Crippen molar-refractivity contribution in [2.24, 2.45) is 0 Å². The molecule has 0 aliphatic heterocycles. The van der Waals surface area contributed by atoms with Crippen LogP contribution < -0.4 is 0 Å². The molecule has 0 saturated carbocycles. The number of rotatable bonds is 1. The summed E-state index contributed by atoms with van der Waals surface area (Å²) in [5, 5.41) is 5.73. The van der Waals surface area contributed by atoms with E-state index in [1.165, 1.54) is 16.3 Å². The number of furan rings is 1. The Labute approximate surface area is 161 Å². The van der Waals surface area contributed by atoms with Gasteiger partial charge >= 0.3 is 0 Å². The van der Waals surface area contributed by atoms with Crippen LogP contribution in [0, 0.1) is 6.92 Å². The van der Waals surface area contributed by atoms with E-state index in [0.717, 1.165) is 38.5 Å². The molecule has 3 aromatic carbocycles. The summed E-state index contributed by atoms with van der Waals surface area (Å²) < 4.78 is 6.12. The number of pyridine rings is 2. The van der Waals surface area contributed by atoms with E-state index in [-0.39, 0.29) is 0 Å². The second-order valence-corrected chi connectivity index (χ2v) is 7.20. The molecule has 28 heavy (non-hydrogen) atoms. The third-order valence-electron chi connectivity index (χ3n) is 5.37. The van der Waals surface area contributed by atoms with Crippen molar-refractivity contribution in [2.75, 3.05) is 0 Å². The number of hydrogen-bond acceptors (Lipinski definition) is 3. The maximum atomic E-state index is 6.12. The number of nitrogens with zero attached hydrogens (tertiary/aromatic N) is 2. The Kier molecular flexibility index (Phi) is 3.09. The molecule has 0 unspecified atom stereocenters. The van der Waals surface area contributed by atoms with Crippen molar-refractivity contribution in [1.29, 1.82) is 0 Å². The van der Waals surface area contributed by atoms with Gasteiger partial charge in [0.2, 0.25) is 5.71 Å². The first kappa shape index (κ1) is 15.3. The molecule has 3 heterocycles. The van der Waals surface area contributed by atoms with Gasteiger partial charge in [-0.25, -0.2) is 9.97 Å².